The Morgan fingerprint density at radius 1 is 1.29 bits per heavy atom. The van der Waals surface area contributed by atoms with Crippen molar-refractivity contribution in [3.05, 3.63) is 61.6 Å². The first kappa shape index (κ1) is 15.8. The van der Waals surface area contributed by atoms with Gasteiger partial charge in [-0.1, -0.05) is 33.6 Å². The van der Waals surface area contributed by atoms with Gasteiger partial charge in [-0.15, -0.1) is 0 Å². The summed E-state index contributed by atoms with van der Waals surface area (Å²) in [6.07, 6.45) is -0.799. The van der Waals surface area contributed by atoms with Crippen molar-refractivity contribution in [1.29, 1.82) is 0 Å². The van der Waals surface area contributed by atoms with E-state index in [1.807, 2.05) is 0 Å². The maximum absolute atomic E-state index is 11.1. The molecule has 1 N–H and O–H groups in total. The molecule has 0 spiro atoms. The van der Waals surface area contributed by atoms with Crippen LogP contribution in [0.5, 0.6) is 11.5 Å². The van der Waals surface area contributed by atoms with Crippen LogP contribution < -0.4 is 4.74 Å². The van der Waals surface area contributed by atoms with Crippen molar-refractivity contribution in [1.82, 2.24) is 0 Å². The molecular weight excluding hydrogens is 362 g/mol. The fourth-order valence-corrected chi connectivity index (χ4v) is 2.19. The first-order valence-corrected chi connectivity index (χ1v) is 7.15. The van der Waals surface area contributed by atoms with Gasteiger partial charge in [-0.05, 0) is 36.8 Å². The number of hydrogen-bond acceptors (Lipinski definition) is 4. The van der Waals surface area contributed by atoms with Gasteiger partial charge < -0.3 is 9.84 Å². The summed E-state index contributed by atoms with van der Waals surface area (Å²) in [6.45, 7) is 1.53. The minimum Gasteiger partial charge on any atom is -0.449 e. The molecule has 0 saturated carbocycles. The molecule has 0 amide bonds. The second-order valence-electron chi connectivity index (χ2n) is 4.34. The molecule has 0 aliphatic rings. The van der Waals surface area contributed by atoms with E-state index in [1.165, 1.54) is 19.1 Å². The standard InChI is InChI=1S/C14H11BrClNO4/c1-8(18)9-2-5-13(12(6-9)17(19)20)21-14-7-10(15)3-4-11(14)16/h2-8,18H,1H3. The lowest BCUT2D eigenvalue weighted by Gasteiger charge is -2.10. The first-order chi connectivity index (χ1) is 9.88. The zero-order valence-electron chi connectivity index (χ0n) is 10.9. The highest BCUT2D eigenvalue weighted by Crippen LogP contribution is 2.37. The molecule has 0 fully saturated rings. The number of ether oxygens (including phenoxy) is 1. The normalized spacial score (nSPS) is 12.0. The second kappa shape index (κ2) is 6.43. The van der Waals surface area contributed by atoms with Crippen molar-refractivity contribution in [2.24, 2.45) is 0 Å². The highest BCUT2D eigenvalue weighted by Gasteiger charge is 2.19. The molecule has 0 aromatic heterocycles. The first-order valence-electron chi connectivity index (χ1n) is 5.98. The summed E-state index contributed by atoms with van der Waals surface area (Å²) in [5.41, 5.74) is 0.207. The monoisotopic (exact) mass is 371 g/mol. The van der Waals surface area contributed by atoms with Crippen LogP contribution in [0.25, 0.3) is 0 Å². The Labute approximate surface area is 134 Å². The molecule has 2 aromatic rings. The minimum absolute atomic E-state index is 0.0596. The predicted octanol–water partition coefficient (Wildman–Crippen LogP) is 4.86. The third kappa shape index (κ3) is 3.72. The molecule has 21 heavy (non-hydrogen) atoms. The van der Waals surface area contributed by atoms with Crippen LogP contribution in [0.2, 0.25) is 5.02 Å². The van der Waals surface area contributed by atoms with Crippen LogP contribution in [0.15, 0.2) is 40.9 Å². The van der Waals surface area contributed by atoms with E-state index in [4.69, 9.17) is 16.3 Å². The van der Waals surface area contributed by atoms with Crippen molar-refractivity contribution in [3.63, 3.8) is 0 Å². The van der Waals surface area contributed by atoms with E-state index < -0.39 is 11.0 Å². The number of nitrogens with zero attached hydrogens (tertiary/aromatic N) is 1. The molecule has 2 rings (SSSR count). The Bertz CT molecular complexity index is 691. The molecule has 1 unspecified atom stereocenters. The third-order valence-corrected chi connectivity index (χ3v) is 3.58. The van der Waals surface area contributed by atoms with Gasteiger partial charge in [0.25, 0.3) is 0 Å². The topological polar surface area (TPSA) is 72.6 Å². The molecule has 0 aliphatic carbocycles. The van der Waals surface area contributed by atoms with Crippen molar-refractivity contribution in [2.75, 3.05) is 0 Å². The Kier molecular flexibility index (Phi) is 4.82. The molecule has 1 atom stereocenters. The molecule has 0 radical (unpaired) electrons. The van der Waals surface area contributed by atoms with Crippen molar-refractivity contribution in [3.8, 4) is 11.5 Å². The zero-order valence-corrected chi connectivity index (χ0v) is 13.3. The number of rotatable bonds is 4. The molecule has 110 valence electrons. The van der Waals surface area contributed by atoms with E-state index in [0.29, 0.717) is 16.3 Å². The van der Waals surface area contributed by atoms with E-state index in [9.17, 15) is 15.2 Å². The largest absolute Gasteiger partial charge is 0.449 e. The number of hydrogen-bond donors (Lipinski definition) is 1. The van der Waals surface area contributed by atoms with Crippen molar-refractivity contribution >= 4 is 33.2 Å². The van der Waals surface area contributed by atoms with E-state index in [0.717, 1.165) is 4.47 Å². The molecule has 0 heterocycles. The van der Waals surface area contributed by atoms with Gasteiger partial charge in [-0.3, -0.25) is 10.1 Å². The number of nitro benzene ring substituents is 1. The SMILES string of the molecule is CC(O)c1ccc(Oc2cc(Br)ccc2Cl)c([N+](=O)[O-])c1. The van der Waals surface area contributed by atoms with Gasteiger partial charge in [0.1, 0.15) is 5.75 Å². The van der Waals surface area contributed by atoms with Gasteiger partial charge >= 0.3 is 5.69 Å². The summed E-state index contributed by atoms with van der Waals surface area (Å²) in [5, 5.41) is 21.0. The van der Waals surface area contributed by atoms with Crippen molar-refractivity contribution in [2.45, 2.75) is 13.0 Å². The maximum atomic E-state index is 11.1. The lowest BCUT2D eigenvalue weighted by molar-refractivity contribution is -0.385. The molecule has 0 aliphatic heterocycles. The summed E-state index contributed by atoms with van der Waals surface area (Å²) >= 11 is 9.29. The second-order valence-corrected chi connectivity index (χ2v) is 5.66. The van der Waals surface area contributed by atoms with Gasteiger partial charge in [0.2, 0.25) is 5.75 Å². The van der Waals surface area contributed by atoms with E-state index in [2.05, 4.69) is 15.9 Å². The smallest absolute Gasteiger partial charge is 0.311 e. The van der Waals surface area contributed by atoms with Gasteiger partial charge in [0.15, 0.2) is 0 Å². The number of halogens is 2. The lowest BCUT2D eigenvalue weighted by atomic mass is 10.1. The zero-order chi connectivity index (χ0) is 15.6. The van der Waals surface area contributed by atoms with Crippen LogP contribution >= 0.6 is 27.5 Å². The van der Waals surface area contributed by atoms with Crippen LogP contribution in [-0.4, -0.2) is 10.0 Å². The Morgan fingerprint density at radius 2 is 2.00 bits per heavy atom. The molecule has 0 saturated heterocycles. The average molecular weight is 373 g/mol. The van der Waals surface area contributed by atoms with Crippen LogP contribution in [0.1, 0.15) is 18.6 Å². The third-order valence-electron chi connectivity index (χ3n) is 2.78. The van der Waals surface area contributed by atoms with Gasteiger partial charge in [-0.25, -0.2) is 0 Å². The lowest BCUT2D eigenvalue weighted by Crippen LogP contribution is -1.97. The van der Waals surface area contributed by atoms with Crippen LogP contribution in [0.3, 0.4) is 0 Å². The van der Waals surface area contributed by atoms with Gasteiger partial charge in [0, 0.05) is 10.5 Å². The van der Waals surface area contributed by atoms with Crippen LogP contribution in [-0.2, 0) is 0 Å². The molecular formula is C14H11BrClNO4. The Balaban J connectivity index is 2.44. The quantitative estimate of drug-likeness (QED) is 0.614. The summed E-state index contributed by atoms with van der Waals surface area (Å²) in [5.74, 6) is 0.364. The van der Waals surface area contributed by atoms with Crippen LogP contribution in [0, 0.1) is 10.1 Å². The van der Waals surface area contributed by atoms with E-state index in [1.54, 1.807) is 24.3 Å². The number of aliphatic hydroxyl groups is 1. The summed E-state index contributed by atoms with van der Waals surface area (Å²) in [4.78, 5) is 10.6. The molecule has 2 aromatic carbocycles. The summed E-state index contributed by atoms with van der Waals surface area (Å²) in [6, 6.07) is 9.27. The summed E-state index contributed by atoms with van der Waals surface area (Å²) < 4.78 is 6.27. The number of aliphatic hydroxyl groups excluding tert-OH is 1. The minimum atomic E-state index is -0.799. The number of nitro groups is 1. The molecule has 7 heteroatoms. The van der Waals surface area contributed by atoms with Crippen LogP contribution in [0.4, 0.5) is 5.69 Å². The fourth-order valence-electron chi connectivity index (χ4n) is 1.70. The van der Waals surface area contributed by atoms with Gasteiger partial charge in [-0.2, -0.15) is 0 Å². The van der Waals surface area contributed by atoms with E-state index in [-0.39, 0.29) is 11.4 Å². The molecule has 5 nitrogen and oxygen atoms in total. The average Bonchev–Trinajstić information content (AvgIpc) is 2.42. The fraction of sp³-hybridized carbons (Fsp3) is 0.143. The molecule has 0 bridgehead atoms. The van der Waals surface area contributed by atoms with Gasteiger partial charge in [0.05, 0.1) is 16.0 Å². The Morgan fingerprint density at radius 3 is 2.62 bits per heavy atom. The summed E-state index contributed by atoms with van der Waals surface area (Å²) in [7, 11) is 0. The maximum Gasteiger partial charge on any atom is 0.311 e. The van der Waals surface area contributed by atoms with Crippen molar-refractivity contribution < 1.29 is 14.8 Å². The predicted molar refractivity (Wildman–Crippen MR) is 83.0 cm³/mol. The Hall–Kier alpha value is -1.63. The highest BCUT2D eigenvalue weighted by molar-refractivity contribution is 9.10. The number of benzene rings is 2. The van der Waals surface area contributed by atoms with E-state index >= 15 is 0 Å². The highest BCUT2D eigenvalue weighted by atomic mass is 79.9.